The first-order valence-corrected chi connectivity index (χ1v) is 7.70. The molecule has 1 aromatic rings. The molecule has 0 aliphatic carbocycles. The number of benzene rings is 1. The molecule has 1 aromatic carbocycles. The maximum atomic E-state index is 13.7. The van der Waals surface area contributed by atoms with Gasteiger partial charge < -0.3 is 5.11 Å². The Kier molecular flexibility index (Phi) is 5.50. The number of nitrogens with one attached hydrogen (secondary N) is 1. The van der Waals surface area contributed by atoms with Crippen LogP contribution in [0.15, 0.2) is 23.1 Å². The quantitative estimate of drug-likeness (QED) is 0.841. The van der Waals surface area contributed by atoms with Crippen LogP contribution < -0.4 is 4.72 Å². The van der Waals surface area contributed by atoms with Gasteiger partial charge in [-0.15, -0.1) is 0 Å². The first kappa shape index (κ1) is 16.9. The van der Waals surface area contributed by atoms with Gasteiger partial charge in [0, 0.05) is 0 Å². The van der Waals surface area contributed by atoms with E-state index in [4.69, 9.17) is 16.7 Å². The summed E-state index contributed by atoms with van der Waals surface area (Å²) < 4.78 is 39.8. The molecule has 0 saturated carbocycles. The van der Waals surface area contributed by atoms with Crippen LogP contribution in [0.3, 0.4) is 0 Å². The fraction of sp³-hybridized carbons (Fsp3) is 0.417. The molecule has 2 N–H and O–H groups in total. The van der Waals surface area contributed by atoms with Gasteiger partial charge in [-0.25, -0.2) is 12.8 Å². The predicted molar refractivity (Wildman–Crippen MR) is 72.6 cm³/mol. The van der Waals surface area contributed by atoms with Gasteiger partial charge in [0.25, 0.3) is 0 Å². The smallest absolute Gasteiger partial charge is 0.321 e. The minimum absolute atomic E-state index is 0.0389. The van der Waals surface area contributed by atoms with Gasteiger partial charge in [-0.1, -0.05) is 31.5 Å². The number of aliphatic carboxylic acids is 1. The summed E-state index contributed by atoms with van der Waals surface area (Å²) in [5.41, 5.74) is 0. The predicted octanol–water partition coefficient (Wildman–Crippen LogP) is 2.26. The van der Waals surface area contributed by atoms with Crippen molar-refractivity contribution in [1.82, 2.24) is 4.72 Å². The SMILES string of the molecule is CC(C)C[C@@H](NS(=O)(=O)c1cccc(Cl)c1F)C(=O)O. The van der Waals surface area contributed by atoms with E-state index in [1.807, 2.05) is 4.72 Å². The van der Waals surface area contributed by atoms with Gasteiger partial charge in [-0.3, -0.25) is 4.79 Å². The normalized spacial score (nSPS) is 13.4. The van der Waals surface area contributed by atoms with Crippen molar-refractivity contribution in [3.63, 3.8) is 0 Å². The van der Waals surface area contributed by atoms with Crippen molar-refractivity contribution in [2.45, 2.75) is 31.2 Å². The Hall–Kier alpha value is -1.18. The average molecular weight is 324 g/mol. The summed E-state index contributed by atoms with van der Waals surface area (Å²) in [6, 6.07) is 2.19. The van der Waals surface area contributed by atoms with Gasteiger partial charge in [0.2, 0.25) is 10.0 Å². The second-order valence-corrected chi connectivity index (χ2v) is 6.78. The molecular weight excluding hydrogens is 309 g/mol. The zero-order valence-electron chi connectivity index (χ0n) is 10.9. The number of rotatable bonds is 6. The molecule has 0 unspecified atom stereocenters. The fourth-order valence-electron chi connectivity index (χ4n) is 1.61. The molecule has 0 aliphatic rings. The van der Waals surface area contributed by atoms with E-state index >= 15 is 0 Å². The van der Waals surface area contributed by atoms with Crippen molar-refractivity contribution in [3.05, 3.63) is 29.0 Å². The third-order valence-electron chi connectivity index (χ3n) is 2.51. The Morgan fingerprint density at radius 1 is 1.45 bits per heavy atom. The van der Waals surface area contributed by atoms with Gasteiger partial charge >= 0.3 is 5.97 Å². The lowest BCUT2D eigenvalue weighted by molar-refractivity contribution is -0.139. The van der Waals surface area contributed by atoms with Crippen molar-refractivity contribution in [2.24, 2.45) is 5.92 Å². The number of halogens is 2. The highest BCUT2D eigenvalue weighted by atomic mass is 35.5. The molecule has 0 fully saturated rings. The van der Waals surface area contributed by atoms with Crippen LogP contribution >= 0.6 is 11.6 Å². The summed E-state index contributed by atoms with van der Waals surface area (Å²) in [5, 5.41) is 8.67. The van der Waals surface area contributed by atoms with Gasteiger partial charge in [0.1, 0.15) is 10.9 Å². The molecule has 0 aromatic heterocycles. The van der Waals surface area contributed by atoms with E-state index in [0.29, 0.717) is 0 Å². The number of hydrogen-bond donors (Lipinski definition) is 2. The molecule has 0 aliphatic heterocycles. The van der Waals surface area contributed by atoms with E-state index in [1.54, 1.807) is 13.8 Å². The lowest BCUT2D eigenvalue weighted by Gasteiger charge is -2.17. The van der Waals surface area contributed by atoms with E-state index in [-0.39, 0.29) is 17.4 Å². The molecule has 20 heavy (non-hydrogen) atoms. The van der Waals surface area contributed by atoms with Crippen LogP contribution in [0, 0.1) is 11.7 Å². The maximum Gasteiger partial charge on any atom is 0.321 e. The molecule has 0 saturated heterocycles. The van der Waals surface area contributed by atoms with Crippen molar-refractivity contribution in [2.75, 3.05) is 0 Å². The molecule has 5 nitrogen and oxygen atoms in total. The Morgan fingerprint density at radius 3 is 2.55 bits per heavy atom. The first-order chi connectivity index (χ1) is 9.15. The summed E-state index contributed by atoms with van der Waals surface area (Å²) in [5.74, 6) is -2.46. The van der Waals surface area contributed by atoms with Crippen molar-refractivity contribution < 1.29 is 22.7 Å². The third-order valence-corrected chi connectivity index (χ3v) is 4.29. The Balaban J connectivity index is 3.10. The van der Waals surface area contributed by atoms with E-state index in [2.05, 4.69) is 0 Å². The molecule has 112 valence electrons. The lowest BCUT2D eigenvalue weighted by atomic mass is 10.1. The van der Waals surface area contributed by atoms with Crippen LogP contribution in [-0.2, 0) is 14.8 Å². The number of carboxylic acids is 1. The monoisotopic (exact) mass is 323 g/mol. The number of hydrogen-bond acceptors (Lipinski definition) is 3. The molecule has 0 bridgehead atoms. The summed E-state index contributed by atoms with van der Waals surface area (Å²) in [6.45, 7) is 3.51. The Labute approximate surface area is 121 Å². The highest BCUT2D eigenvalue weighted by Gasteiger charge is 2.28. The minimum atomic E-state index is -4.29. The zero-order valence-corrected chi connectivity index (χ0v) is 12.5. The van der Waals surface area contributed by atoms with Crippen LogP contribution in [0.5, 0.6) is 0 Å². The number of carboxylic acid groups (broad SMARTS) is 1. The largest absolute Gasteiger partial charge is 0.480 e. The number of carbonyl (C=O) groups is 1. The molecule has 8 heteroatoms. The second-order valence-electron chi connectivity index (χ2n) is 4.69. The topological polar surface area (TPSA) is 83.5 Å². The maximum absolute atomic E-state index is 13.7. The Morgan fingerprint density at radius 2 is 2.05 bits per heavy atom. The van der Waals surface area contributed by atoms with Gasteiger partial charge in [0.15, 0.2) is 5.82 Å². The highest BCUT2D eigenvalue weighted by Crippen LogP contribution is 2.22. The van der Waals surface area contributed by atoms with Crippen LogP contribution in [0.2, 0.25) is 5.02 Å². The van der Waals surface area contributed by atoms with Crippen LogP contribution in [-0.4, -0.2) is 25.5 Å². The third kappa shape index (κ3) is 4.16. The average Bonchev–Trinajstić information content (AvgIpc) is 2.30. The van der Waals surface area contributed by atoms with Crippen LogP contribution in [0.1, 0.15) is 20.3 Å². The molecule has 0 heterocycles. The molecule has 1 atom stereocenters. The van der Waals surface area contributed by atoms with Gasteiger partial charge in [-0.05, 0) is 24.5 Å². The highest BCUT2D eigenvalue weighted by molar-refractivity contribution is 7.89. The van der Waals surface area contributed by atoms with Crippen molar-refractivity contribution >= 4 is 27.6 Å². The Bertz CT molecular complexity index is 603. The van der Waals surface area contributed by atoms with Gasteiger partial charge in [-0.2, -0.15) is 4.72 Å². The number of sulfonamides is 1. The van der Waals surface area contributed by atoms with E-state index in [1.165, 1.54) is 12.1 Å². The summed E-state index contributed by atoms with van der Waals surface area (Å²) in [4.78, 5) is 10.4. The second kappa shape index (κ2) is 6.51. The summed E-state index contributed by atoms with van der Waals surface area (Å²) >= 11 is 5.52. The standard InChI is InChI=1S/C12H15ClFNO4S/c1-7(2)6-9(12(16)17)15-20(18,19)10-5-3-4-8(13)11(10)14/h3-5,7,9,15H,6H2,1-2H3,(H,16,17)/t9-/m1/s1. The molecule has 0 radical (unpaired) electrons. The van der Waals surface area contributed by atoms with Crippen molar-refractivity contribution in [1.29, 1.82) is 0 Å². The molecule has 1 rings (SSSR count). The lowest BCUT2D eigenvalue weighted by Crippen LogP contribution is -2.41. The van der Waals surface area contributed by atoms with Crippen molar-refractivity contribution in [3.8, 4) is 0 Å². The summed E-state index contributed by atoms with van der Waals surface area (Å²) in [6.07, 6.45) is 0.0940. The van der Waals surface area contributed by atoms with Crippen LogP contribution in [0.25, 0.3) is 0 Å². The molecular formula is C12H15ClFNO4S. The summed E-state index contributed by atoms with van der Waals surface area (Å²) in [7, 11) is -4.29. The van der Waals surface area contributed by atoms with Crippen LogP contribution in [0.4, 0.5) is 4.39 Å². The van der Waals surface area contributed by atoms with E-state index < -0.39 is 32.7 Å². The molecule has 0 spiro atoms. The van der Waals surface area contributed by atoms with Gasteiger partial charge in [0.05, 0.1) is 5.02 Å². The molecule has 0 amide bonds. The van der Waals surface area contributed by atoms with E-state index in [0.717, 1.165) is 6.07 Å². The zero-order chi connectivity index (χ0) is 15.5. The fourth-order valence-corrected chi connectivity index (χ4v) is 3.15. The minimum Gasteiger partial charge on any atom is -0.480 e. The first-order valence-electron chi connectivity index (χ1n) is 5.84. The van der Waals surface area contributed by atoms with E-state index in [9.17, 15) is 17.6 Å².